The first-order chi connectivity index (χ1) is 15.6. The summed E-state index contributed by atoms with van der Waals surface area (Å²) in [6.45, 7) is 0.689. The van der Waals surface area contributed by atoms with Crippen LogP contribution < -0.4 is 4.90 Å². The Labute approximate surface area is 188 Å². The fourth-order valence-electron chi connectivity index (χ4n) is 5.45. The van der Waals surface area contributed by atoms with E-state index in [1.807, 2.05) is 23.1 Å². The number of amides is 2. The van der Waals surface area contributed by atoms with Gasteiger partial charge < -0.3 is 4.90 Å². The number of nitrogens with zero attached hydrogens (tertiary/aromatic N) is 2. The standard InChI is InChI=1S/C27H29FN2O2/c28-21-16-14-20(15-17-21)24-25(29-18-8-10-19-9-6-7-13-23(19)29)27(32)30(26(24)31)22-11-4-2-1-3-5-12-22/h6-7,9,13-17,22H,1-5,8,10-12,18H2. The molecule has 0 unspecified atom stereocenters. The van der Waals surface area contributed by atoms with Gasteiger partial charge >= 0.3 is 0 Å². The summed E-state index contributed by atoms with van der Waals surface area (Å²) in [7, 11) is 0. The minimum atomic E-state index is -0.354. The van der Waals surface area contributed by atoms with E-state index >= 15 is 0 Å². The van der Waals surface area contributed by atoms with E-state index in [4.69, 9.17) is 0 Å². The minimum absolute atomic E-state index is 0.0664. The molecule has 3 aliphatic rings. The van der Waals surface area contributed by atoms with E-state index in [2.05, 4.69) is 6.07 Å². The normalized spacial score (nSPS) is 20.4. The van der Waals surface area contributed by atoms with Gasteiger partial charge in [0.05, 0.1) is 5.57 Å². The molecule has 0 saturated heterocycles. The Kier molecular flexibility index (Phi) is 5.81. The van der Waals surface area contributed by atoms with Crippen LogP contribution in [-0.2, 0) is 16.0 Å². The number of fused-ring (bicyclic) bond motifs is 1. The predicted molar refractivity (Wildman–Crippen MR) is 123 cm³/mol. The number of carbonyl (C=O) groups is 2. The highest BCUT2D eigenvalue weighted by Gasteiger charge is 2.45. The van der Waals surface area contributed by atoms with Crippen LogP contribution >= 0.6 is 0 Å². The first-order valence-electron chi connectivity index (χ1n) is 11.9. The molecule has 0 N–H and O–H groups in total. The molecule has 2 aromatic carbocycles. The lowest BCUT2D eigenvalue weighted by Gasteiger charge is -2.33. The van der Waals surface area contributed by atoms with Crippen LogP contribution in [0.5, 0.6) is 0 Å². The number of rotatable bonds is 3. The van der Waals surface area contributed by atoms with Gasteiger partial charge in [-0.2, -0.15) is 0 Å². The van der Waals surface area contributed by atoms with Gasteiger partial charge in [-0.15, -0.1) is 0 Å². The van der Waals surface area contributed by atoms with Crippen LogP contribution in [0.1, 0.15) is 62.5 Å². The predicted octanol–water partition coefficient (Wildman–Crippen LogP) is 5.47. The van der Waals surface area contributed by atoms with Crippen LogP contribution in [0.15, 0.2) is 54.2 Å². The summed E-state index contributed by atoms with van der Waals surface area (Å²) in [6.07, 6.45) is 9.20. The highest BCUT2D eigenvalue weighted by atomic mass is 19.1. The van der Waals surface area contributed by atoms with Crippen molar-refractivity contribution < 1.29 is 14.0 Å². The molecule has 2 aromatic rings. The van der Waals surface area contributed by atoms with Crippen LogP contribution in [0.3, 0.4) is 0 Å². The van der Waals surface area contributed by atoms with Crippen molar-refractivity contribution in [3.05, 3.63) is 71.2 Å². The van der Waals surface area contributed by atoms with Crippen LogP contribution in [0.4, 0.5) is 10.1 Å². The van der Waals surface area contributed by atoms with E-state index < -0.39 is 0 Å². The highest BCUT2D eigenvalue weighted by molar-refractivity contribution is 6.37. The van der Waals surface area contributed by atoms with E-state index in [1.165, 1.54) is 29.0 Å². The highest BCUT2D eigenvalue weighted by Crippen LogP contribution is 2.39. The SMILES string of the molecule is O=C1C(c2ccc(F)cc2)=C(N2CCCc3ccccc32)C(=O)N1C1CCCCCCC1. The van der Waals surface area contributed by atoms with Crippen molar-refractivity contribution in [1.29, 1.82) is 0 Å². The Morgan fingerprint density at radius 2 is 1.47 bits per heavy atom. The summed E-state index contributed by atoms with van der Waals surface area (Å²) in [6, 6.07) is 14.0. The lowest BCUT2D eigenvalue weighted by molar-refractivity contribution is -0.140. The van der Waals surface area contributed by atoms with Gasteiger partial charge in [0.15, 0.2) is 0 Å². The van der Waals surface area contributed by atoms with Crippen molar-refractivity contribution in [1.82, 2.24) is 4.90 Å². The molecule has 4 nitrogen and oxygen atoms in total. The van der Waals surface area contributed by atoms with Gasteiger partial charge in [-0.1, -0.05) is 62.4 Å². The first kappa shape index (κ1) is 20.9. The van der Waals surface area contributed by atoms with E-state index in [1.54, 1.807) is 12.1 Å². The third-order valence-corrected chi connectivity index (χ3v) is 7.04. The lowest BCUT2D eigenvalue weighted by atomic mass is 9.95. The Balaban J connectivity index is 1.61. The molecule has 1 aliphatic carbocycles. The van der Waals surface area contributed by atoms with Crippen molar-refractivity contribution in [2.75, 3.05) is 11.4 Å². The molecule has 1 saturated carbocycles. The molecule has 5 heteroatoms. The molecule has 0 aromatic heterocycles. The maximum Gasteiger partial charge on any atom is 0.278 e. The third-order valence-electron chi connectivity index (χ3n) is 7.04. The largest absolute Gasteiger partial charge is 0.336 e. The summed E-state index contributed by atoms with van der Waals surface area (Å²) >= 11 is 0. The molecular weight excluding hydrogens is 403 g/mol. The van der Waals surface area contributed by atoms with Gasteiger partial charge in [0, 0.05) is 18.3 Å². The van der Waals surface area contributed by atoms with E-state index in [0.717, 1.165) is 57.1 Å². The topological polar surface area (TPSA) is 40.6 Å². The molecule has 1 fully saturated rings. The molecule has 32 heavy (non-hydrogen) atoms. The van der Waals surface area contributed by atoms with Gasteiger partial charge in [0.2, 0.25) is 0 Å². The summed E-state index contributed by atoms with van der Waals surface area (Å²) < 4.78 is 13.7. The number of halogens is 1. The Hall–Kier alpha value is -2.95. The van der Waals surface area contributed by atoms with Crippen LogP contribution in [0.25, 0.3) is 5.57 Å². The van der Waals surface area contributed by atoms with Gasteiger partial charge in [-0.3, -0.25) is 14.5 Å². The van der Waals surface area contributed by atoms with Gasteiger partial charge in [0.1, 0.15) is 11.5 Å². The van der Waals surface area contributed by atoms with Crippen molar-refractivity contribution in [2.45, 2.75) is 63.8 Å². The second-order valence-corrected chi connectivity index (χ2v) is 9.09. The molecule has 0 spiro atoms. The number of hydrogen-bond donors (Lipinski definition) is 0. The number of hydrogen-bond acceptors (Lipinski definition) is 3. The Bertz CT molecular complexity index is 1050. The van der Waals surface area contributed by atoms with Gasteiger partial charge in [0.25, 0.3) is 11.8 Å². The van der Waals surface area contributed by atoms with Crippen molar-refractivity contribution in [2.24, 2.45) is 0 Å². The maximum atomic E-state index is 13.9. The summed E-state index contributed by atoms with van der Waals surface area (Å²) in [5.41, 5.74) is 3.66. The van der Waals surface area contributed by atoms with Crippen molar-refractivity contribution in [3.63, 3.8) is 0 Å². The molecule has 166 valence electrons. The lowest BCUT2D eigenvalue weighted by Crippen LogP contribution is -2.43. The number of imide groups is 1. The van der Waals surface area contributed by atoms with Crippen LogP contribution in [0.2, 0.25) is 0 Å². The van der Waals surface area contributed by atoms with Crippen molar-refractivity contribution in [3.8, 4) is 0 Å². The maximum absolute atomic E-state index is 13.9. The average Bonchev–Trinajstić information content (AvgIpc) is 3.04. The molecule has 2 aliphatic heterocycles. The molecule has 0 radical (unpaired) electrons. The second kappa shape index (κ2) is 8.89. The summed E-state index contributed by atoms with van der Waals surface area (Å²) in [5.74, 6) is -0.783. The van der Waals surface area contributed by atoms with Gasteiger partial charge in [-0.25, -0.2) is 4.39 Å². The van der Waals surface area contributed by atoms with Gasteiger partial charge in [-0.05, 0) is 55.0 Å². The number of carbonyl (C=O) groups excluding carboxylic acids is 2. The number of para-hydroxylation sites is 1. The summed E-state index contributed by atoms with van der Waals surface area (Å²) in [4.78, 5) is 31.2. The van der Waals surface area contributed by atoms with E-state index in [-0.39, 0.29) is 23.7 Å². The minimum Gasteiger partial charge on any atom is -0.336 e. The average molecular weight is 433 g/mol. The third kappa shape index (κ3) is 3.74. The first-order valence-corrected chi connectivity index (χ1v) is 11.9. The molecule has 2 amide bonds. The fraction of sp³-hybridized carbons (Fsp3) is 0.407. The zero-order valence-corrected chi connectivity index (χ0v) is 18.4. The molecule has 5 rings (SSSR count). The zero-order valence-electron chi connectivity index (χ0n) is 18.4. The smallest absolute Gasteiger partial charge is 0.278 e. The molecular formula is C27H29FN2O2. The summed E-state index contributed by atoms with van der Waals surface area (Å²) in [5, 5.41) is 0. The number of benzene rings is 2. The second-order valence-electron chi connectivity index (χ2n) is 9.09. The zero-order chi connectivity index (χ0) is 22.1. The Morgan fingerprint density at radius 3 is 2.22 bits per heavy atom. The van der Waals surface area contributed by atoms with Crippen molar-refractivity contribution >= 4 is 23.1 Å². The molecule has 0 atom stereocenters. The molecule has 2 heterocycles. The monoisotopic (exact) mass is 432 g/mol. The Morgan fingerprint density at radius 1 is 0.781 bits per heavy atom. The van der Waals surface area contributed by atoms with Crippen LogP contribution in [0, 0.1) is 5.82 Å². The molecule has 0 bridgehead atoms. The number of anilines is 1. The van der Waals surface area contributed by atoms with Crippen LogP contribution in [-0.4, -0.2) is 29.3 Å². The van der Waals surface area contributed by atoms with E-state index in [0.29, 0.717) is 23.4 Å². The fourth-order valence-corrected chi connectivity index (χ4v) is 5.45. The quantitative estimate of drug-likeness (QED) is 0.604. The number of aryl methyl sites for hydroxylation is 1. The van der Waals surface area contributed by atoms with E-state index in [9.17, 15) is 14.0 Å².